The van der Waals surface area contributed by atoms with Crippen molar-refractivity contribution >= 4 is 22.8 Å². The molecule has 3 rings (SSSR count). The van der Waals surface area contributed by atoms with Gasteiger partial charge in [-0.2, -0.15) is 4.98 Å². The first kappa shape index (κ1) is 14.2. The SMILES string of the molecule is CC1CCCCN1CCCNc1nc2c(N)cccc2o1. The number of benzene rings is 1. The predicted octanol–water partition coefficient (Wildman–Crippen LogP) is 3.09. The molecular weight excluding hydrogens is 264 g/mol. The summed E-state index contributed by atoms with van der Waals surface area (Å²) < 4.78 is 5.65. The van der Waals surface area contributed by atoms with Gasteiger partial charge in [0.05, 0.1) is 5.69 Å². The highest BCUT2D eigenvalue weighted by atomic mass is 16.4. The van der Waals surface area contributed by atoms with Crippen LogP contribution in [0.15, 0.2) is 22.6 Å². The number of likely N-dealkylation sites (tertiary alicyclic amines) is 1. The first-order valence-electron chi connectivity index (χ1n) is 7.87. The molecule has 1 aliphatic heterocycles. The van der Waals surface area contributed by atoms with Crippen LogP contribution in [0.25, 0.3) is 11.1 Å². The minimum Gasteiger partial charge on any atom is -0.423 e. The topological polar surface area (TPSA) is 67.3 Å². The van der Waals surface area contributed by atoms with Gasteiger partial charge in [0.25, 0.3) is 6.01 Å². The Morgan fingerprint density at radius 3 is 3.14 bits per heavy atom. The molecule has 1 aromatic carbocycles. The molecule has 1 saturated heterocycles. The fourth-order valence-corrected chi connectivity index (χ4v) is 3.01. The average Bonchev–Trinajstić information content (AvgIpc) is 2.90. The highest BCUT2D eigenvalue weighted by Gasteiger charge is 2.17. The highest BCUT2D eigenvalue weighted by molar-refractivity contribution is 5.86. The van der Waals surface area contributed by atoms with E-state index in [1.807, 2.05) is 18.2 Å². The van der Waals surface area contributed by atoms with Crippen molar-refractivity contribution in [1.82, 2.24) is 9.88 Å². The lowest BCUT2D eigenvalue weighted by Crippen LogP contribution is -2.38. The molecule has 0 amide bonds. The third-order valence-corrected chi connectivity index (χ3v) is 4.29. The van der Waals surface area contributed by atoms with Crippen molar-refractivity contribution < 1.29 is 4.42 Å². The van der Waals surface area contributed by atoms with Gasteiger partial charge >= 0.3 is 0 Å². The smallest absolute Gasteiger partial charge is 0.295 e. The number of rotatable bonds is 5. The van der Waals surface area contributed by atoms with Crippen LogP contribution in [0, 0.1) is 0 Å². The van der Waals surface area contributed by atoms with Crippen LogP contribution in [0.2, 0.25) is 0 Å². The minimum atomic E-state index is 0.564. The van der Waals surface area contributed by atoms with Crippen molar-refractivity contribution in [1.29, 1.82) is 0 Å². The number of aromatic nitrogens is 1. The third kappa shape index (κ3) is 3.29. The van der Waals surface area contributed by atoms with Crippen molar-refractivity contribution in [3.8, 4) is 0 Å². The molecule has 3 N–H and O–H groups in total. The Bertz CT molecular complexity index is 595. The van der Waals surface area contributed by atoms with Crippen molar-refractivity contribution in [3.05, 3.63) is 18.2 Å². The summed E-state index contributed by atoms with van der Waals surface area (Å²) in [7, 11) is 0. The van der Waals surface area contributed by atoms with Crippen LogP contribution >= 0.6 is 0 Å². The number of oxazole rings is 1. The van der Waals surface area contributed by atoms with E-state index in [2.05, 4.69) is 22.1 Å². The summed E-state index contributed by atoms with van der Waals surface area (Å²) in [5.74, 6) is 0. The molecule has 2 aromatic rings. The van der Waals surface area contributed by atoms with Gasteiger partial charge in [0.1, 0.15) is 5.52 Å². The van der Waals surface area contributed by atoms with Crippen molar-refractivity contribution in [2.45, 2.75) is 38.6 Å². The Morgan fingerprint density at radius 1 is 1.43 bits per heavy atom. The maximum Gasteiger partial charge on any atom is 0.295 e. The van der Waals surface area contributed by atoms with Gasteiger partial charge < -0.3 is 20.4 Å². The van der Waals surface area contributed by atoms with E-state index < -0.39 is 0 Å². The summed E-state index contributed by atoms with van der Waals surface area (Å²) in [4.78, 5) is 6.97. The molecule has 0 spiro atoms. The summed E-state index contributed by atoms with van der Waals surface area (Å²) in [5, 5.41) is 3.26. The van der Waals surface area contributed by atoms with Gasteiger partial charge in [0.15, 0.2) is 5.58 Å². The average molecular weight is 288 g/mol. The number of hydrogen-bond acceptors (Lipinski definition) is 5. The molecule has 1 aromatic heterocycles. The third-order valence-electron chi connectivity index (χ3n) is 4.29. The van der Waals surface area contributed by atoms with E-state index in [1.54, 1.807) is 0 Å². The zero-order valence-electron chi connectivity index (χ0n) is 12.6. The van der Waals surface area contributed by atoms with Gasteiger partial charge in [-0.05, 0) is 44.9 Å². The largest absolute Gasteiger partial charge is 0.423 e. The number of piperidine rings is 1. The summed E-state index contributed by atoms with van der Waals surface area (Å²) >= 11 is 0. The van der Waals surface area contributed by atoms with Gasteiger partial charge in [0.2, 0.25) is 0 Å². The fraction of sp³-hybridized carbons (Fsp3) is 0.562. The van der Waals surface area contributed by atoms with Crippen molar-refractivity contribution in [2.75, 3.05) is 30.7 Å². The fourth-order valence-electron chi connectivity index (χ4n) is 3.01. The Hall–Kier alpha value is -1.75. The van der Waals surface area contributed by atoms with Gasteiger partial charge in [-0.3, -0.25) is 0 Å². The quantitative estimate of drug-likeness (QED) is 0.653. The van der Waals surface area contributed by atoms with Crippen LogP contribution in [0.4, 0.5) is 11.7 Å². The lowest BCUT2D eigenvalue weighted by Gasteiger charge is -2.33. The number of nitrogens with one attached hydrogen (secondary N) is 1. The number of nitrogen functional groups attached to an aromatic ring is 1. The van der Waals surface area contributed by atoms with Crippen LogP contribution in [-0.2, 0) is 0 Å². The molecule has 1 atom stereocenters. The number of para-hydroxylation sites is 1. The predicted molar refractivity (Wildman–Crippen MR) is 86.4 cm³/mol. The number of hydrogen-bond donors (Lipinski definition) is 2. The molecule has 1 unspecified atom stereocenters. The Balaban J connectivity index is 1.49. The Kier molecular flexibility index (Phi) is 4.29. The molecule has 0 bridgehead atoms. The van der Waals surface area contributed by atoms with E-state index in [0.29, 0.717) is 11.7 Å². The molecule has 0 aliphatic carbocycles. The Morgan fingerprint density at radius 2 is 2.33 bits per heavy atom. The molecule has 2 heterocycles. The molecular formula is C16H24N4O. The molecule has 1 fully saturated rings. The number of anilines is 2. The first-order valence-corrected chi connectivity index (χ1v) is 7.87. The molecule has 114 valence electrons. The second-order valence-corrected chi connectivity index (χ2v) is 5.87. The number of nitrogens with two attached hydrogens (primary N) is 1. The van der Waals surface area contributed by atoms with Gasteiger partial charge in [0, 0.05) is 19.1 Å². The molecule has 5 nitrogen and oxygen atoms in total. The summed E-state index contributed by atoms with van der Waals surface area (Å²) in [6.07, 6.45) is 5.14. The first-order chi connectivity index (χ1) is 10.2. The molecule has 1 aliphatic rings. The van der Waals surface area contributed by atoms with E-state index in [-0.39, 0.29) is 0 Å². The lowest BCUT2D eigenvalue weighted by molar-refractivity contribution is 0.160. The monoisotopic (exact) mass is 288 g/mol. The summed E-state index contributed by atoms with van der Waals surface area (Å²) in [6, 6.07) is 6.90. The standard InChI is InChI=1S/C16H24N4O/c1-12-6-2-3-10-20(12)11-5-9-18-16-19-15-13(17)7-4-8-14(15)21-16/h4,7-8,12H,2-3,5-6,9-11,17H2,1H3,(H,18,19). The van der Waals surface area contributed by atoms with Gasteiger partial charge in [-0.25, -0.2) is 0 Å². The number of nitrogens with zero attached hydrogens (tertiary/aromatic N) is 2. The van der Waals surface area contributed by atoms with Crippen LogP contribution in [-0.4, -0.2) is 35.6 Å². The highest BCUT2D eigenvalue weighted by Crippen LogP contribution is 2.23. The molecule has 21 heavy (non-hydrogen) atoms. The van der Waals surface area contributed by atoms with E-state index in [9.17, 15) is 0 Å². The minimum absolute atomic E-state index is 0.564. The van der Waals surface area contributed by atoms with E-state index in [1.165, 1.54) is 25.8 Å². The van der Waals surface area contributed by atoms with Crippen molar-refractivity contribution in [3.63, 3.8) is 0 Å². The van der Waals surface area contributed by atoms with Crippen LogP contribution in [0.1, 0.15) is 32.6 Å². The van der Waals surface area contributed by atoms with Crippen LogP contribution < -0.4 is 11.1 Å². The molecule has 0 saturated carbocycles. The zero-order chi connectivity index (χ0) is 14.7. The van der Waals surface area contributed by atoms with Crippen molar-refractivity contribution in [2.24, 2.45) is 0 Å². The maximum atomic E-state index is 5.88. The van der Waals surface area contributed by atoms with Gasteiger partial charge in [-0.15, -0.1) is 0 Å². The summed E-state index contributed by atoms with van der Waals surface area (Å²) in [6.45, 7) is 5.57. The zero-order valence-corrected chi connectivity index (χ0v) is 12.6. The molecule has 0 radical (unpaired) electrons. The second kappa shape index (κ2) is 6.35. The summed E-state index contributed by atoms with van der Waals surface area (Å²) in [5.41, 5.74) is 8.02. The normalized spacial score (nSPS) is 20.0. The van der Waals surface area contributed by atoms with Crippen LogP contribution in [0.3, 0.4) is 0 Å². The van der Waals surface area contributed by atoms with E-state index >= 15 is 0 Å². The Labute approximate surface area is 125 Å². The number of fused-ring (bicyclic) bond motifs is 1. The van der Waals surface area contributed by atoms with Crippen LogP contribution in [0.5, 0.6) is 0 Å². The van der Waals surface area contributed by atoms with E-state index in [4.69, 9.17) is 10.2 Å². The molecule has 5 heteroatoms. The van der Waals surface area contributed by atoms with E-state index in [0.717, 1.165) is 36.7 Å². The van der Waals surface area contributed by atoms with Gasteiger partial charge in [-0.1, -0.05) is 12.5 Å². The second-order valence-electron chi connectivity index (χ2n) is 5.87. The maximum absolute atomic E-state index is 5.88. The lowest BCUT2D eigenvalue weighted by atomic mass is 10.0.